The van der Waals surface area contributed by atoms with Gasteiger partial charge in [-0.15, -0.1) is 0 Å². The smallest absolute Gasteiger partial charge is 0.0136 e. The van der Waals surface area contributed by atoms with Gasteiger partial charge in [0.15, 0.2) is 0 Å². The summed E-state index contributed by atoms with van der Waals surface area (Å²) in [4.78, 5) is 2.72. The molecule has 2 aliphatic rings. The monoisotopic (exact) mass is 252 g/mol. The van der Waals surface area contributed by atoms with Crippen molar-refractivity contribution >= 4 is 0 Å². The van der Waals surface area contributed by atoms with Gasteiger partial charge in [-0.25, -0.2) is 0 Å². The lowest BCUT2D eigenvalue weighted by atomic mass is 9.73. The Morgan fingerprint density at radius 3 is 2.28 bits per heavy atom. The molecule has 0 amide bonds. The summed E-state index contributed by atoms with van der Waals surface area (Å²) in [6.45, 7) is 9.41. The Labute approximate surface area is 114 Å². The van der Waals surface area contributed by atoms with Gasteiger partial charge in [0.2, 0.25) is 0 Å². The molecule has 2 fully saturated rings. The second kappa shape index (κ2) is 5.92. The number of hydrogen-bond acceptors (Lipinski definition) is 2. The Morgan fingerprint density at radius 2 is 1.78 bits per heavy atom. The molecule has 0 spiro atoms. The summed E-state index contributed by atoms with van der Waals surface area (Å²) in [6, 6.07) is 1.71. The highest BCUT2D eigenvalue weighted by Gasteiger charge is 2.38. The fourth-order valence-electron chi connectivity index (χ4n) is 3.72. The molecule has 0 saturated heterocycles. The Hall–Kier alpha value is -0.0800. The minimum absolute atomic E-state index is 0.597. The molecule has 0 aromatic heterocycles. The first-order valence-corrected chi connectivity index (χ1v) is 7.96. The highest BCUT2D eigenvalue weighted by atomic mass is 15.2. The topological polar surface area (TPSA) is 15.3 Å². The maximum absolute atomic E-state index is 3.52. The van der Waals surface area contributed by atoms with Crippen LogP contribution in [0.5, 0.6) is 0 Å². The van der Waals surface area contributed by atoms with Crippen molar-refractivity contribution in [2.45, 2.75) is 71.4 Å². The molecule has 2 saturated carbocycles. The van der Waals surface area contributed by atoms with Crippen molar-refractivity contribution in [1.29, 1.82) is 0 Å². The molecule has 106 valence electrons. The summed E-state index contributed by atoms with van der Waals surface area (Å²) >= 11 is 0. The largest absolute Gasteiger partial charge is 0.317 e. The van der Waals surface area contributed by atoms with Gasteiger partial charge in [0.1, 0.15) is 0 Å². The van der Waals surface area contributed by atoms with Crippen molar-refractivity contribution in [3.63, 3.8) is 0 Å². The molecular weight excluding hydrogens is 220 g/mol. The number of rotatable bonds is 5. The second-order valence-corrected chi connectivity index (χ2v) is 7.27. The van der Waals surface area contributed by atoms with Crippen LogP contribution in [0.25, 0.3) is 0 Å². The van der Waals surface area contributed by atoms with Crippen molar-refractivity contribution in [3.05, 3.63) is 0 Å². The Balaban J connectivity index is 1.79. The lowest BCUT2D eigenvalue weighted by Crippen LogP contribution is -2.53. The fraction of sp³-hybridized carbons (Fsp3) is 1.00. The highest BCUT2D eigenvalue weighted by Crippen LogP contribution is 2.40. The Morgan fingerprint density at radius 1 is 1.11 bits per heavy atom. The maximum atomic E-state index is 3.52. The Kier molecular flexibility index (Phi) is 4.71. The molecule has 18 heavy (non-hydrogen) atoms. The Bertz CT molecular complexity index is 252. The molecule has 0 aromatic rings. The first-order chi connectivity index (χ1) is 8.53. The molecule has 2 rings (SSSR count). The van der Waals surface area contributed by atoms with Crippen LogP contribution in [0.1, 0.15) is 59.3 Å². The van der Waals surface area contributed by atoms with Crippen LogP contribution in [0.2, 0.25) is 0 Å². The van der Waals surface area contributed by atoms with Crippen molar-refractivity contribution in [3.8, 4) is 0 Å². The molecule has 2 heteroatoms. The van der Waals surface area contributed by atoms with Crippen LogP contribution in [0, 0.1) is 11.3 Å². The third-order valence-electron chi connectivity index (χ3n) is 5.44. The van der Waals surface area contributed by atoms with E-state index in [1.165, 1.54) is 45.1 Å². The summed E-state index contributed by atoms with van der Waals surface area (Å²) in [5, 5.41) is 3.52. The van der Waals surface area contributed by atoms with E-state index in [4.69, 9.17) is 0 Å². The van der Waals surface area contributed by atoms with E-state index in [-0.39, 0.29) is 0 Å². The van der Waals surface area contributed by atoms with Crippen LogP contribution in [0.4, 0.5) is 0 Å². The molecule has 0 bridgehead atoms. The molecule has 2 nitrogen and oxygen atoms in total. The van der Waals surface area contributed by atoms with Gasteiger partial charge in [-0.1, -0.05) is 20.8 Å². The quantitative estimate of drug-likeness (QED) is 0.808. The first-order valence-electron chi connectivity index (χ1n) is 7.96. The SMILES string of the molecule is CCNCC1CCC1N(C)C1CCC(C)(C)CC1. The zero-order valence-electron chi connectivity index (χ0n) is 12.8. The predicted molar refractivity (Wildman–Crippen MR) is 78.9 cm³/mol. The molecule has 2 unspecified atom stereocenters. The summed E-state index contributed by atoms with van der Waals surface area (Å²) in [7, 11) is 2.38. The van der Waals surface area contributed by atoms with Crippen LogP contribution in [-0.2, 0) is 0 Å². The first kappa shape index (κ1) is 14.3. The number of nitrogens with zero attached hydrogens (tertiary/aromatic N) is 1. The third kappa shape index (κ3) is 3.27. The van der Waals surface area contributed by atoms with E-state index < -0.39 is 0 Å². The predicted octanol–water partition coefficient (Wildman–Crippen LogP) is 3.28. The van der Waals surface area contributed by atoms with Gasteiger partial charge in [-0.2, -0.15) is 0 Å². The van der Waals surface area contributed by atoms with Gasteiger partial charge in [0.05, 0.1) is 0 Å². The average Bonchev–Trinajstić information content (AvgIpc) is 2.27. The summed E-state index contributed by atoms with van der Waals surface area (Å²) in [5.41, 5.74) is 0.597. The number of nitrogens with one attached hydrogen (secondary N) is 1. The molecule has 0 aliphatic heterocycles. The van der Waals surface area contributed by atoms with Crippen molar-refractivity contribution in [1.82, 2.24) is 10.2 Å². The average molecular weight is 252 g/mol. The summed E-state index contributed by atoms with van der Waals surface area (Å²) in [6.07, 6.45) is 8.49. The lowest BCUT2D eigenvalue weighted by molar-refractivity contribution is 0.0215. The van der Waals surface area contributed by atoms with Gasteiger partial charge in [0.25, 0.3) is 0 Å². The van der Waals surface area contributed by atoms with E-state index in [1.807, 2.05) is 0 Å². The molecule has 0 aromatic carbocycles. The maximum Gasteiger partial charge on any atom is 0.0136 e. The molecule has 2 atom stereocenters. The lowest BCUT2D eigenvalue weighted by Gasteiger charge is -2.48. The zero-order valence-corrected chi connectivity index (χ0v) is 12.8. The second-order valence-electron chi connectivity index (χ2n) is 7.27. The molecule has 0 heterocycles. The van der Waals surface area contributed by atoms with Gasteiger partial charge in [-0.3, -0.25) is 0 Å². The summed E-state index contributed by atoms with van der Waals surface area (Å²) < 4.78 is 0. The van der Waals surface area contributed by atoms with E-state index in [0.29, 0.717) is 5.41 Å². The molecular formula is C16H32N2. The highest BCUT2D eigenvalue weighted by molar-refractivity contribution is 4.93. The minimum Gasteiger partial charge on any atom is -0.317 e. The van der Waals surface area contributed by atoms with Gasteiger partial charge < -0.3 is 10.2 Å². The van der Waals surface area contributed by atoms with Crippen LogP contribution >= 0.6 is 0 Å². The van der Waals surface area contributed by atoms with E-state index in [1.54, 1.807) is 0 Å². The van der Waals surface area contributed by atoms with Crippen LogP contribution in [0.15, 0.2) is 0 Å². The van der Waals surface area contributed by atoms with Crippen LogP contribution in [-0.4, -0.2) is 37.1 Å². The minimum atomic E-state index is 0.597. The van der Waals surface area contributed by atoms with E-state index in [9.17, 15) is 0 Å². The molecule has 2 aliphatic carbocycles. The molecule has 1 N–H and O–H groups in total. The van der Waals surface area contributed by atoms with Crippen molar-refractivity contribution < 1.29 is 0 Å². The van der Waals surface area contributed by atoms with E-state index in [2.05, 4.69) is 38.0 Å². The van der Waals surface area contributed by atoms with Gasteiger partial charge in [0, 0.05) is 12.1 Å². The van der Waals surface area contributed by atoms with E-state index >= 15 is 0 Å². The van der Waals surface area contributed by atoms with Crippen LogP contribution < -0.4 is 5.32 Å². The van der Waals surface area contributed by atoms with Crippen molar-refractivity contribution in [2.75, 3.05) is 20.1 Å². The summed E-state index contributed by atoms with van der Waals surface area (Å²) in [5.74, 6) is 0.907. The third-order valence-corrected chi connectivity index (χ3v) is 5.44. The normalized spacial score (nSPS) is 32.5. The van der Waals surface area contributed by atoms with Gasteiger partial charge in [-0.05, 0) is 70.0 Å². The van der Waals surface area contributed by atoms with Crippen LogP contribution in [0.3, 0.4) is 0 Å². The fourth-order valence-corrected chi connectivity index (χ4v) is 3.72. The molecule has 0 radical (unpaired) electrons. The standard InChI is InChI=1S/C16H32N2/c1-5-17-12-13-6-7-15(13)18(4)14-8-10-16(2,3)11-9-14/h13-15,17H,5-12H2,1-4H3. The van der Waals surface area contributed by atoms with E-state index in [0.717, 1.165) is 24.5 Å². The number of hydrogen-bond donors (Lipinski definition) is 1. The zero-order chi connectivity index (χ0) is 13.2. The van der Waals surface area contributed by atoms with Crippen molar-refractivity contribution in [2.24, 2.45) is 11.3 Å². The van der Waals surface area contributed by atoms with Gasteiger partial charge >= 0.3 is 0 Å².